The number of ether oxygens (including phenoxy) is 1. The lowest BCUT2D eigenvalue weighted by Gasteiger charge is -2.17. The van der Waals surface area contributed by atoms with Crippen LogP contribution < -0.4 is 5.43 Å². The van der Waals surface area contributed by atoms with Crippen molar-refractivity contribution in [3.63, 3.8) is 0 Å². The van der Waals surface area contributed by atoms with Crippen molar-refractivity contribution in [3.05, 3.63) is 70.1 Å². The summed E-state index contributed by atoms with van der Waals surface area (Å²) in [7, 11) is 1.25. The van der Waals surface area contributed by atoms with Gasteiger partial charge in [0.05, 0.1) is 24.8 Å². The number of phenols is 1. The van der Waals surface area contributed by atoms with Crippen molar-refractivity contribution in [2.45, 2.75) is 12.3 Å². The summed E-state index contributed by atoms with van der Waals surface area (Å²) in [5.41, 5.74) is 0.237. The SMILES string of the molecule is COC(=O)CC(c1cccc(O)c1)c1oc2ccccc2c(=O)c1O. The lowest BCUT2D eigenvalue weighted by Crippen LogP contribution is -2.13. The predicted octanol–water partition coefficient (Wildman–Crippen LogP) is 2.90. The first-order valence-corrected chi connectivity index (χ1v) is 7.61. The molecule has 0 radical (unpaired) electrons. The molecule has 128 valence electrons. The average Bonchev–Trinajstić information content (AvgIpc) is 2.62. The van der Waals surface area contributed by atoms with Crippen LogP contribution in [0, 0.1) is 0 Å². The zero-order valence-electron chi connectivity index (χ0n) is 13.4. The number of esters is 1. The molecule has 0 bridgehead atoms. The number of hydrogen-bond acceptors (Lipinski definition) is 6. The highest BCUT2D eigenvalue weighted by molar-refractivity contribution is 5.78. The van der Waals surface area contributed by atoms with E-state index in [-0.39, 0.29) is 23.3 Å². The van der Waals surface area contributed by atoms with Crippen molar-refractivity contribution in [2.24, 2.45) is 0 Å². The fourth-order valence-corrected chi connectivity index (χ4v) is 2.74. The number of fused-ring (bicyclic) bond motifs is 1. The molecule has 0 spiro atoms. The van der Waals surface area contributed by atoms with E-state index >= 15 is 0 Å². The number of benzene rings is 2. The second-order valence-corrected chi connectivity index (χ2v) is 5.57. The van der Waals surface area contributed by atoms with Crippen molar-refractivity contribution >= 4 is 16.9 Å². The molecule has 0 aliphatic rings. The van der Waals surface area contributed by atoms with Crippen LogP contribution >= 0.6 is 0 Å². The van der Waals surface area contributed by atoms with Gasteiger partial charge < -0.3 is 19.4 Å². The molecule has 3 aromatic rings. The third kappa shape index (κ3) is 3.19. The maximum absolute atomic E-state index is 12.4. The molecule has 0 amide bonds. The van der Waals surface area contributed by atoms with E-state index in [1.54, 1.807) is 36.4 Å². The van der Waals surface area contributed by atoms with E-state index < -0.39 is 23.1 Å². The van der Waals surface area contributed by atoms with Crippen LogP contribution in [0.15, 0.2) is 57.7 Å². The largest absolute Gasteiger partial charge is 0.508 e. The van der Waals surface area contributed by atoms with Crippen molar-refractivity contribution < 1.29 is 24.2 Å². The highest BCUT2D eigenvalue weighted by Gasteiger charge is 2.27. The first-order chi connectivity index (χ1) is 12.0. The van der Waals surface area contributed by atoms with Gasteiger partial charge >= 0.3 is 5.97 Å². The second kappa shape index (κ2) is 6.68. The Hall–Kier alpha value is -3.28. The molecule has 1 heterocycles. The van der Waals surface area contributed by atoms with Gasteiger partial charge in [0.1, 0.15) is 11.3 Å². The molecule has 1 unspecified atom stereocenters. The van der Waals surface area contributed by atoms with E-state index in [1.165, 1.54) is 19.2 Å². The quantitative estimate of drug-likeness (QED) is 0.709. The van der Waals surface area contributed by atoms with Crippen LogP contribution in [0.25, 0.3) is 11.0 Å². The van der Waals surface area contributed by atoms with Crippen LogP contribution in [0.4, 0.5) is 0 Å². The molecule has 1 aromatic heterocycles. The third-order valence-electron chi connectivity index (χ3n) is 3.99. The molecular weight excluding hydrogens is 324 g/mol. The van der Waals surface area contributed by atoms with Crippen LogP contribution in [-0.4, -0.2) is 23.3 Å². The number of hydrogen-bond donors (Lipinski definition) is 2. The van der Waals surface area contributed by atoms with Gasteiger partial charge in [0.2, 0.25) is 11.2 Å². The first-order valence-electron chi connectivity index (χ1n) is 7.61. The molecule has 6 heteroatoms. The Morgan fingerprint density at radius 3 is 2.64 bits per heavy atom. The molecule has 25 heavy (non-hydrogen) atoms. The number of carbonyl (C=O) groups is 1. The average molecular weight is 340 g/mol. The van der Waals surface area contributed by atoms with Gasteiger partial charge in [-0.2, -0.15) is 0 Å². The fourth-order valence-electron chi connectivity index (χ4n) is 2.74. The van der Waals surface area contributed by atoms with Gasteiger partial charge in [-0.25, -0.2) is 0 Å². The maximum Gasteiger partial charge on any atom is 0.306 e. The molecule has 0 saturated heterocycles. The van der Waals surface area contributed by atoms with Gasteiger partial charge in [0, 0.05) is 0 Å². The minimum absolute atomic E-state index is 0.00464. The smallest absolute Gasteiger partial charge is 0.306 e. The minimum Gasteiger partial charge on any atom is -0.508 e. The summed E-state index contributed by atoms with van der Waals surface area (Å²) in [5, 5.41) is 20.3. The zero-order valence-corrected chi connectivity index (χ0v) is 13.4. The molecule has 0 fully saturated rings. The van der Waals surface area contributed by atoms with E-state index in [9.17, 15) is 19.8 Å². The molecule has 1 atom stereocenters. The number of rotatable bonds is 4. The standard InChI is InChI=1S/C19H16O6/c1-24-16(21)10-14(11-5-4-6-12(20)9-11)19-18(23)17(22)13-7-2-3-8-15(13)25-19/h2-9,14,20,23H,10H2,1H3. The van der Waals surface area contributed by atoms with Crippen LogP contribution in [0.3, 0.4) is 0 Å². The summed E-state index contributed by atoms with van der Waals surface area (Å²) in [6.07, 6.45) is -0.158. The summed E-state index contributed by atoms with van der Waals surface area (Å²) < 4.78 is 10.4. The Morgan fingerprint density at radius 2 is 1.92 bits per heavy atom. The molecule has 0 aliphatic carbocycles. The molecule has 3 rings (SSSR count). The number of aromatic hydroxyl groups is 2. The van der Waals surface area contributed by atoms with Crippen molar-refractivity contribution in [1.29, 1.82) is 0 Å². The van der Waals surface area contributed by atoms with Crippen LogP contribution in [0.1, 0.15) is 23.7 Å². The highest BCUT2D eigenvalue weighted by Crippen LogP contribution is 2.35. The normalized spacial score (nSPS) is 12.0. The second-order valence-electron chi connectivity index (χ2n) is 5.57. The van der Waals surface area contributed by atoms with Crippen molar-refractivity contribution in [3.8, 4) is 11.5 Å². The highest BCUT2D eigenvalue weighted by atomic mass is 16.5. The summed E-state index contributed by atoms with van der Waals surface area (Å²) >= 11 is 0. The lowest BCUT2D eigenvalue weighted by molar-refractivity contribution is -0.140. The van der Waals surface area contributed by atoms with Gasteiger partial charge in [-0.3, -0.25) is 9.59 Å². The van der Waals surface area contributed by atoms with Gasteiger partial charge in [-0.05, 0) is 29.8 Å². The Bertz CT molecular complexity index is 989. The Kier molecular flexibility index (Phi) is 4.43. The first kappa shape index (κ1) is 16.6. The molecule has 6 nitrogen and oxygen atoms in total. The van der Waals surface area contributed by atoms with Gasteiger partial charge in [0.15, 0.2) is 5.76 Å². The van der Waals surface area contributed by atoms with E-state index in [0.29, 0.717) is 11.1 Å². The number of para-hydroxylation sites is 1. The molecule has 0 saturated carbocycles. The molecule has 2 aromatic carbocycles. The fraction of sp³-hybridized carbons (Fsp3) is 0.158. The maximum atomic E-state index is 12.4. The van der Waals surface area contributed by atoms with Gasteiger partial charge in [-0.1, -0.05) is 24.3 Å². The number of phenolic OH excluding ortho intramolecular Hbond substituents is 1. The summed E-state index contributed by atoms with van der Waals surface area (Å²) in [6.45, 7) is 0. The minimum atomic E-state index is -0.781. The predicted molar refractivity (Wildman–Crippen MR) is 90.7 cm³/mol. The Labute approximate surface area is 142 Å². The Morgan fingerprint density at radius 1 is 1.16 bits per heavy atom. The van der Waals surface area contributed by atoms with Crippen LogP contribution in [0.5, 0.6) is 11.5 Å². The number of methoxy groups -OCH3 is 1. The summed E-state index contributed by atoms with van der Waals surface area (Å²) in [4.78, 5) is 24.3. The van der Waals surface area contributed by atoms with Crippen LogP contribution in [0.2, 0.25) is 0 Å². The summed E-state index contributed by atoms with van der Waals surface area (Å²) in [6, 6.07) is 12.7. The third-order valence-corrected chi connectivity index (χ3v) is 3.99. The summed E-state index contributed by atoms with van der Waals surface area (Å²) in [5.74, 6) is -1.92. The lowest BCUT2D eigenvalue weighted by atomic mass is 9.92. The monoisotopic (exact) mass is 340 g/mol. The molecular formula is C19H16O6. The van der Waals surface area contributed by atoms with Crippen molar-refractivity contribution in [1.82, 2.24) is 0 Å². The van der Waals surface area contributed by atoms with Crippen LogP contribution in [-0.2, 0) is 9.53 Å². The van der Waals surface area contributed by atoms with Gasteiger partial charge in [0.25, 0.3) is 0 Å². The molecule has 2 N–H and O–H groups in total. The Balaban J connectivity index is 2.22. The van der Waals surface area contributed by atoms with Crippen molar-refractivity contribution in [2.75, 3.05) is 7.11 Å². The zero-order chi connectivity index (χ0) is 18.0. The van der Waals surface area contributed by atoms with E-state index in [0.717, 1.165) is 0 Å². The topological polar surface area (TPSA) is 97.0 Å². The van der Waals surface area contributed by atoms with Gasteiger partial charge in [-0.15, -0.1) is 0 Å². The van der Waals surface area contributed by atoms with E-state index in [2.05, 4.69) is 0 Å². The number of carbonyl (C=O) groups excluding carboxylic acids is 1. The van der Waals surface area contributed by atoms with E-state index in [1.807, 2.05) is 0 Å². The molecule has 0 aliphatic heterocycles. The van der Waals surface area contributed by atoms with E-state index in [4.69, 9.17) is 9.15 Å².